The Morgan fingerprint density at radius 2 is 1.85 bits per heavy atom. The number of halogens is 1. The summed E-state index contributed by atoms with van der Waals surface area (Å²) in [6.45, 7) is 0.543. The van der Waals surface area contributed by atoms with Crippen LogP contribution in [0.2, 0.25) is 5.02 Å². The van der Waals surface area contributed by atoms with E-state index in [0.29, 0.717) is 27.8 Å². The van der Waals surface area contributed by atoms with Gasteiger partial charge in [-0.15, -0.1) is 0 Å². The van der Waals surface area contributed by atoms with Crippen molar-refractivity contribution in [3.63, 3.8) is 0 Å². The molecule has 0 unspecified atom stereocenters. The lowest BCUT2D eigenvalue weighted by Gasteiger charge is -2.12. The number of carboxylic acid groups (broad SMARTS) is 1. The van der Waals surface area contributed by atoms with Gasteiger partial charge in [0.15, 0.2) is 11.5 Å². The van der Waals surface area contributed by atoms with Crippen molar-refractivity contribution in [2.75, 3.05) is 20.3 Å². The predicted molar refractivity (Wildman–Crippen MR) is 96.7 cm³/mol. The molecule has 0 fully saturated rings. The van der Waals surface area contributed by atoms with Gasteiger partial charge in [0, 0.05) is 0 Å². The van der Waals surface area contributed by atoms with Gasteiger partial charge in [-0.05, 0) is 35.9 Å². The summed E-state index contributed by atoms with van der Waals surface area (Å²) < 4.78 is 16.4. The molecule has 0 saturated carbocycles. The molecule has 0 radical (unpaired) electrons. The van der Waals surface area contributed by atoms with E-state index in [1.54, 1.807) is 36.4 Å². The molecule has 0 aliphatic carbocycles. The molecule has 6 nitrogen and oxygen atoms in total. The molecular weight excluding hydrogens is 358 g/mol. The van der Waals surface area contributed by atoms with E-state index in [9.17, 15) is 4.79 Å². The number of methoxy groups -OCH3 is 1. The molecule has 0 saturated heterocycles. The lowest BCUT2D eigenvalue weighted by atomic mass is 10.1. The van der Waals surface area contributed by atoms with Crippen LogP contribution in [0.1, 0.15) is 5.56 Å². The summed E-state index contributed by atoms with van der Waals surface area (Å²) in [6, 6.07) is 13.6. The summed E-state index contributed by atoms with van der Waals surface area (Å²) in [5.74, 6) is 0.173. The van der Waals surface area contributed by atoms with Crippen molar-refractivity contribution in [3.8, 4) is 23.3 Å². The fourth-order valence-electron chi connectivity index (χ4n) is 2.07. The number of rotatable bonds is 8. The number of hydrogen-bond acceptors (Lipinski definition) is 5. The van der Waals surface area contributed by atoms with E-state index >= 15 is 0 Å². The topological polar surface area (TPSA) is 88.8 Å². The Morgan fingerprint density at radius 3 is 2.46 bits per heavy atom. The van der Waals surface area contributed by atoms with Crippen LogP contribution in [0.15, 0.2) is 48.0 Å². The molecule has 0 amide bonds. The van der Waals surface area contributed by atoms with Crippen LogP contribution in [0.4, 0.5) is 0 Å². The van der Waals surface area contributed by atoms with Gasteiger partial charge in [-0.25, -0.2) is 4.79 Å². The Balaban J connectivity index is 2.00. The standard InChI is InChI=1S/C19H16ClNO5/c1-24-18-11-13(10-14(12-21)19(22)23)6-7-17(18)26-9-8-25-16-5-3-2-4-15(16)20/h2-7,10-11H,8-9H2,1H3,(H,22,23). The third-order valence-electron chi connectivity index (χ3n) is 3.28. The first kappa shape index (κ1) is 19.2. The van der Waals surface area contributed by atoms with Crippen LogP contribution in [-0.4, -0.2) is 31.4 Å². The van der Waals surface area contributed by atoms with E-state index in [1.807, 2.05) is 12.1 Å². The summed E-state index contributed by atoms with van der Waals surface area (Å²) in [7, 11) is 1.47. The molecule has 0 heterocycles. The number of aliphatic carboxylic acids is 1. The van der Waals surface area contributed by atoms with Crippen molar-refractivity contribution in [1.29, 1.82) is 5.26 Å². The molecule has 1 N–H and O–H groups in total. The quantitative estimate of drug-likeness (QED) is 0.430. The molecule has 0 aromatic heterocycles. The van der Waals surface area contributed by atoms with Crippen molar-refractivity contribution in [2.45, 2.75) is 0 Å². The Labute approximate surface area is 155 Å². The van der Waals surface area contributed by atoms with Crippen molar-refractivity contribution in [2.24, 2.45) is 0 Å². The minimum atomic E-state index is -1.29. The zero-order valence-corrected chi connectivity index (χ0v) is 14.7. The number of nitrogens with zero attached hydrogens (tertiary/aromatic N) is 1. The van der Waals surface area contributed by atoms with E-state index in [1.165, 1.54) is 13.2 Å². The highest BCUT2D eigenvalue weighted by molar-refractivity contribution is 6.32. The van der Waals surface area contributed by atoms with Crippen LogP contribution in [0.5, 0.6) is 17.2 Å². The molecule has 2 aromatic rings. The molecule has 0 spiro atoms. The van der Waals surface area contributed by atoms with E-state index in [-0.39, 0.29) is 18.8 Å². The maximum Gasteiger partial charge on any atom is 0.346 e. The second-order valence-corrected chi connectivity index (χ2v) is 5.42. The number of nitriles is 1. The Bertz CT molecular complexity index is 857. The van der Waals surface area contributed by atoms with Gasteiger partial charge in [0.1, 0.15) is 30.6 Å². The molecule has 7 heteroatoms. The highest BCUT2D eigenvalue weighted by atomic mass is 35.5. The van der Waals surface area contributed by atoms with Crippen LogP contribution in [0.3, 0.4) is 0 Å². The molecule has 26 heavy (non-hydrogen) atoms. The van der Waals surface area contributed by atoms with Crippen molar-refractivity contribution < 1.29 is 24.1 Å². The van der Waals surface area contributed by atoms with Crippen LogP contribution < -0.4 is 14.2 Å². The number of carboxylic acids is 1. The Hall–Kier alpha value is -3.17. The summed E-state index contributed by atoms with van der Waals surface area (Å²) in [6.07, 6.45) is 1.26. The van der Waals surface area contributed by atoms with Gasteiger partial charge in [0.25, 0.3) is 0 Å². The summed E-state index contributed by atoms with van der Waals surface area (Å²) in [5, 5.41) is 18.2. The Kier molecular flexibility index (Phi) is 6.89. The van der Waals surface area contributed by atoms with Crippen LogP contribution in [0, 0.1) is 11.3 Å². The normalized spacial score (nSPS) is 10.7. The highest BCUT2D eigenvalue weighted by Crippen LogP contribution is 2.29. The molecule has 0 aliphatic rings. The molecule has 2 rings (SSSR count). The zero-order chi connectivity index (χ0) is 18.9. The van der Waals surface area contributed by atoms with Gasteiger partial charge >= 0.3 is 5.97 Å². The van der Waals surface area contributed by atoms with Crippen LogP contribution >= 0.6 is 11.6 Å². The van der Waals surface area contributed by atoms with Crippen molar-refractivity contribution in [1.82, 2.24) is 0 Å². The molecule has 0 aliphatic heterocycles. The summed E-state index contributed by atoms with van der Waals surface area (Å²) in [4.78, 5) is 10.9. The second-order valence-electron chi connectivity index (χ2n) is 5.01. The number of benzene rings is 2. The largest absolute Gasteiger partial charge is 0.493 e. The third kappa shape index (κ3) is 5.16. The number of ether oxygens (including phenoxy) is 3. The third-order valence-corrected chi connectivity index (χ3v) is 3.60. The van der Waals surface area contributed by atoms with Gasteiger partial charge in [-0.2, -0.15) is 5.26 Å². The number of hydrogen-bond donors (Lipinski definition) is 1. The van der Waals surface area contributed by atoms with E-state index < -0.39 is 5.97 Å². The summed E-state index contributed by atoms with van der Waals surface area (Å²) in [5.41, 5.74) is 0.148. The molecule has 0 bridgehead atoms. The van der Waals surface area contributed by atoms with Gasteiger partial charge in [0.2, 0.25) is 0 Å². The van der Waals surface area contributed by atoms with Crippen molar-refractivity contribution in [3.05, 3.63) is 58.6 Å². The molecular formula is C19H16ClNO5. The minimum Gasteiger partial charge on any atom is -0.493 e. The minimum absolute atomic E-state index is 0.259. The van der Waals surface area contributed by atoms with E-state index in [0.717, 1.165) is 0 Å². The average Bonchev–Trinajstić information content (AvgIpc) is 2.64. The van der Waals surface area contributed by atoms with Crippen LogP contribution in [0.25, 0.3) is 6.08 Å². The lowest BCUT2D eigenvalue weighted by molar-refractivity contribution is -0.132. The van der Waals surface area contributed by atoms with Gasteiger partial charge in [-0.3, -0.25) is 0 Å². The Morgan fingerprint density at radius 1 is 1.15 bits per heavy atom. The monoisotopic (exact) mass is 373 g/mol. The fraction of sp³-hybridized carbons (Fsp3) is 0.158. The number of carbonyl (C=O) groups is 1. The summed E-state index contributed by atoms with van der Waals surface area (Å²) >= 11 is 6.00. The van der Waals surface area contributed by atoms with E-state index in [4.69, 9.17) is 36.2 Å². The first-order chi connectivity index (χ1) is 12.5. The first-order valence-corrected chi connectivity index (χ1v) is 7.96. The lowest BCUT2D eigenvalue weighted by Crippen LogP contribution is -2.09. The zero-order valence-electron chi connectivity index (χ0n) is 13.9. The van der Waals surface area contributed by atoms with Gasteiger partial charge in [-0.1, -0.05) is 29.8 Å². The maximum atomic E-state index is 10.9. The van der Waals surface area contributed by atoms with Crippen molar-refractivity contribution >= 4 is 23.6 Å². The maximum absolute atomic E-state index is 10.9. The smallest absolute Gasteiger partial charge is 0.346 e. The second kappa shape index (κ2) is 9.35. The van der Waals surface area contributed by atoms with Gasteiger partial charge < -0.3 is 19.3 Å². The first-order valence-electron chi connectivity index (χ1n) is 7.58. The average molecular weight is 374 g/mol. The SMILES string of the molecule is COc1cc(C=C(C#N)C(=O)O)ccc1OCCOc1ccccc1Cl. The fourth-order valence-corrected chi connectivity index (χ4v) is 2.26. The molecule has 0 atom stereocenters. The van der Waals surface area contributed by atoms with Gasteiger partial charge in [0.05, 0.1) is 12.1 Å². The highest BCUT2D eigenvalue weighted by Gasteiger charge is 2.09. The number of para-hydroxylation sites is 1. The van der Waals surface area contributed by atoms with Crippen LogP contribution in [-0.2, 0) is 4.79 Å². The predicted octanol–water partition coefficient (Wildman–Crippen LogP) is 3.80. The molecule has 134 valence electrons. The van der Waals surface area contributed by atoms with E-state index in [2.05, 4.69) is 0 Å². The molecule has 2 aromatic carbocycles.